The van der Waals surface area contributed by atoms with Gasteiger partial charge in [-0.1, -0.05) is 48.5 Å². The Kier molecular flexibility index (Phi) is 6.28. The van der Waals surface area contributed by atoms with Crippen LogP contribution in [-0.2, 0) is 25.8 Å². The van der Waals surface area contributed by atoms with E-state index in [-0.39, 0.29) is 6.42 Å². The molecule has 0 radical (unpaired) electrons. The van der Waals surface area contributed by atoms with Crippen molar-refractivity contribution in [1.29, 1.82) is 0 Å². The van der Waals surface area contributed by atoms with Crippen molar-refractivity contribution < 1.29 is 18.3 Å². The van der Waals surface area contributed by atoms with E-state index in [0.717, 1.165) is 38.7 Å². The Morgan fingerprint density at radius 3 is 2.29 bits per heavy atom. The quantitative estimate of drug-likeness (QED) is 0.363. The second-order valence-corrected chi connectivity index (χ2v) is 11.6. The molecule has 6 heteroatoms. The zero-order valence-electron chi connectivity index (χ0n) is 19.4. The van der Waals surface area contributed by atoms with Crippen molar-refractivity contribution in [2.45, 2.75) is 31.4 Å². The van der Waals surface area contributed by atoms with Crippen LogP contribution in [0.1, 0.15) is 31.4 Å². The average molecular weight is 474 g/mol. The van der Waals surface area contributed by atoms with Crippen LogP contribution in [0.4, 0.5) is 0 Å². The average Bonchev–Trinajstić information content (AvgIpc) is 2.81. The van der Waals surface area contributed by atoms with E-state index in [0.29, 0.717) is 12.0 Å². The van der Waals surface area contributed by atoms with Gasteiger partial charge in [0.15, 0.2) is 9.84 Å². The van der Waals surface area contributed by atoms with E-state index in [1.54, 1.807) is 20.0 Å². The molecule has 5 nitrogen and oxygen atoms in total. The molecule has 0 spiro atoms. The number of carbonyl (C=O) groups is 1. The van der Waals surface area contributed by atoms with E-state index in [2.05, 4.69) is 11.1 Å². The lowest BCUT2D eigenvalue weighted by Crippen LogP contribution is -2.28. The van der Waals surface area contributed by atoms with Crippen molar-refractivity contribution in [3.63, 3.8) is 0 Å². The summed E-state index contributed by atoms with van der Waals surface area (Å²) in [5.74, 6) is -0.816. The number of hydrogen-bond donors (Lipinski definition) is 1. The molecule has 0 bridgehead atoms. The van der Waals surface area contributed by atoms with Gasteiger partial charge in [-0.3, -0.25) is 9.78 Å². The van der Waals surface area contributed by atoms with E-state index in [4.69, 9.17) is 5.11 Å². The third kappa shape index (κ3) is 4.73. The third-order valence-electron chi connectivity index (χ3n) is 6.39. The Morgan fingerprint density at radius 1 is 0.912 bits per heavy atom. The number of sulfone groups is 1. The summed E-state index contributed by atoms with van der Waals surface area (Å²) in [4.78, 5) is 15.5. The van der Waals surface area contributed by atoms with Crippen LogP contribution in [-0.4, -0.2) is 30.7 Å². The van der Waals surface area contributed by atoms with Gasteiger partial charge in [0.2, 0.25) is 0 Å². The maximum atomic E-state index is 12.6. The summed E-state index contributed by atoms with van der Waals surface area (Å²) >= 11 is 0. The van der Waals surface area contributed by atoms with Crippen molar-refractivity contribution in [3.8, 4) is 22.3 Å². The molecule has 3 aromatic carbocycles. The number of hydrogen-bond acceptors (Lipinski definition) is 4. The number of aromatic nitrogens is 1. The van der Waals surface area contributed by atoms with Gasteiger partial charge in [0.25, 0.3) is 0 Å². The molecule has 0 atom stereocenters. The highest BCUT2D eigenvalue weighted by molar-refractivity contribution is 7.91. The molecule has 0 unspecified atom stereocenters. The lowest BCUT2D eigenvalue weighted by atomic mass is 9.92. The lowest BCUT2D eigenvalue weighted by molar-refractivity contribution is -0.136. The van der Waals surface area contributed by atoms with Gasteiger partial charge in [0.05, 0.1) is 10.3 Å². The van der Waals surface area contributed by atoms with Gasteiger partial charge in [-0.25, -0.2) is 8.42 Å². The van der Waals surface area contributed by atoms with E-state index < -0.39 is 20.6 Å². The van der Waals surface area contributed by atoms with Crippen LogP contribution in [0.2, 0.25) is 0 Å². The van der Waals surface area contributed by atoms with Gasteiger partial charge in [0, 0.05) is 29.8 Å². The summed E-state index contributed by atoms with van der Waals surface area (Å²) in [7, 11) is -3.35. The highest BCUT2D eigenvalue weighted by atomic mass is 32.2. The van der Waals surface area contributed by atoms with Crippen LogP contribution in [0, 0.1) is 0 Å². The molecule has 0 aliphatic rings. The molecular formula is C28H27NO4S. The number of aryl methyl sites for hydroxylation is 1. The van der Waals surface area contributed by atoms with Gasteiger partial charge in [0.1, 0.15) is 0 Å². The van der Waals surface area contributed by atoms with Gasteiger partial charge in [-0.2, -0.15) is 0 Å². The van der Waals surface area contributed by atoms with Crippen LogP contribution in [0.3, 0.4) is 0 Å². The van der Waals surface area contributed by atoms with E-state index >= 15 is 0 Å². The van der Waals surface area contributed by atoms with Crippen molar-refractivity contribution in [1.82, 2.24) is 4.98 Å². The fraction of sp³-hybridized carbons (Fsp3) is 0.214. The number of fused-ring (bicyclic) bond motifs is 1. The van der Waals surface area contributed by atoms with Crippen LogP contribution in [0.5, 0.6) is 0 Å². The summed E-state index contributed by atoms with van der Waals surface area (Å²) in [6.45, 7) is 3.45. The predicted molar refractivity (Wildman–Crippen MR) is 136 cm³/mol. The Labute approximate surface area is 200 Å². The number of pyridine rings is 1. The van der Waals surface area contributed by atoms with Crippen molar-refractivity contribution >= 4 is 26.7 Å². The van der Waals surface area contributed by atoms with E-state index in [1.165, 1.54) is 6.26 Å². The second kappa shape index (κ2) is 9.03. The third-order valence-corrected chi connectivity index (χ3v) is 8.48. The molecule has 174 valence electrons. The van der Waals surface area contributed by atoms with Crippen LogP contribution >= 0.6 is 0 Å². The Hall–Kier alpha value is -3.51. The molecule has 0 saturated heterocycles. The Balaban J connectivity index is 1.84. The summed E-state index contributed by atoms with van der Waals surface area (Å²) in [5, 5.41) is 9.88. The summed E-state index contributed by atoms with van der Waals surface area (Å²) < 4.78 is 24.0. The van der Waals surface area contributed by atoms with Crippen molar-refractivity contribution in [2.75, 3.05) is 6.26 Å². The second-order valence-electron chi connectivity index (χ2n) is 9.06. The molecule has 0 fully saturated rings. The first-order valence-corrected chi connectivity index (χ1v) is 13.0. The molecule has 0 saturated carbocycles. The molecule has 0 aliphatic heterocycles. The van der Waals surface area contributed by atoms with Gasteiger partial charge < -0.3 is 5.11 Å². The molecule has 4 rings (SSSR count). The molecule has 4 aromatic rings. The van der Waals surface area contributed by atoms with Crippen molar-refractivity contribution in [3.05, 3.63) is 90.1 Å². The maximum Gasteiger partial charge on any atom is 0.303 e. The molecule has 1 aromatic heterocycles. The fourth-order valence-electron chi connectivity index (χ4n) is 4.00. The number of benzene rings is 3. The summed E-state index contributed by atoms with van der Waals surface area (Å²) in [5.41, 5.74) is 6.28. The van der Waals surface area contributed by atoms with E-state index in [9.17, 15) is 13.2 Å². The molecule has 1 heterocycles. The molecular weight excluding hydrogens is 446 g/mol. The topological polar surface area (TPSA) is 84.3 Å². The molecule has 0 amide bonds. The minimum absolute atomic E-state index is 0.0874. The zero-order valence-corrected chi connectivity index (χ0v) is 20.3. The minimum atomic E-state index is -3.35. The highest BCUT2D eigenvalue weighted by Gasteiger charge is 2.33. The van der Waals surface area contributed by atoms with Crippen LogP contribution in [0.25, 0.3) is 33.2 Å². The first-order chi connectivity index (χ1) is 16.1. The summed E-state index contributed by atoms with van der Waals surface area (Å²) in [6.07, 6.45) is 3.56. The molecule has 1 N–H and O–H groups in total. The van der Waals surface area contributed by atoms with Crippen LogP contribution in [0.15, 0.2) is 79.0 Å². The zero-order chi connectivity index (χ0) is 24.5. The molecule has 0 aliphatic carbocycles. The molecule has 34 heavy (non-hydrogen) atoms. The Morgan fingerprint density at radius 2 is 1.59 bits per heavy atom. The van der Waals surface area contributed by atoms with Crippen molar-refractivity contribution in [2.24, 2.45) is 0 Å². The van der Waals surface area contributed by atoms with Gasteiger partial charge in [-0.15, -0.1) is 0 Å². The maximum absolute atomic E-state index is 12.6. The SMILES string of the molecule is CC(C)(c1cc(-c2cccc(-c3cccc(CCC(=O)O)c3)c2)c2ncccc2c1)S(C)(=O)=O. The standard InChI is InChI=1S/C28H27NO4S/c1-28(2,34(3,32)33)24-17-23-11-6-14-29-27(23)25(18-24)22-10-5-9-21(16-22)20-8-4-7-19(15-20)12-13-26(30)31/h4-11,14-18H,12-13H2,1-3H3,(H,30,31). The number of aliphatic carboxylic acids is 1. The predicted octanol–water partition coefficient (Wildman–Crippen LogP) is 5.87. The van der Waals surface area contributed by atoms with E-state index in [1.807, 2.05) is 66.7 Å². The smallest absolute Gasteiger partial charge is 0.303 e. The number of rotatable bonds is 7. The Bertz CT molecular complexity index is 1490. The highest BCUT2D eigenvalue weighted by Crippen LogP contribution is 2.37. The van der Waals surface area contributed by atoms with Crippen LogP contribution < -0.4 is 0 Å². The normalized spacial score (nSPS) is 12.1. The fourth-order valence-corrected chi connectivity index (χ4v) is 4.54. The first-order valence-electron chi connectivity index (χ1n) is 11.1. The largest absolute Gasteiger partial charge is 0.481 e. The number of nitrogens with zero attached hydrogens (tertiary/aromatic N) is 1. The first kappa shape index (κ1) is 23.6. The minimum Gasteiger partial charge on any atom is -0.481 e. The van der Waals surface area contributed by atoms with Gasteiger partial charge in [-0.05, 0) is 72.4 Å². The summed E-state index contributed by atoms with van der Waals surface area (Å²) in [6, 6.07) is 23.6. The monoisotopic (exact) mass is 473 g/mol. The number of carboxylic acids is 1. The van der Waals surface area contributed by atoms with Gasteiger partial charge >= 0.3 is 5.97 Å². The lowest BCUT2D eigenvalue weighted by Gasteiger charge is -2.24. The number of carboxylic acid groups (broad SMARTS) is 1.